The number of hydrogen-bond acceptors (Lipinski definition) is 2. The lowest BCUT2D eigenvalue weighted by atomic mass is 10.0. The minimum atomic E-state index is -0.0578. The van der Waals surface area contributed by atoms with Crippen LogP contribution < -0.4 is 11.1 Å². The Hall–Kier alpha value is -0.770. The van der Waals surface area contributed by atoms with E-state index in [2.05, 4.69) is 5.32 Å². The number of halogens is 2. The standard InChI is InChI=1S/C13H18Cl2N2O/c1-8(2)12(7-16)17-13(18)6-9-3-4-10(14)11(15)5-9/h3-5,8,12H,6-7,16H2,1-2H3,(H,17,18). The summed E-state index contributed by atoms with van der Waals surface area (Å²) >= 11 is 11.7. The van der Waals surface area contributed by atoms with Gasteiger partial charge < -0.3 is 11.1 Å². The molecule has 1 rings (SSSR count). The number of rotatable bonds is 5. The Balaban J connectivity index is 2.61. The Morgan fingerprint density at radius 1 is 1.33 bits per heavy atom. The largest absolute Gasteiger partial charge is 0.352 e. The van der Waals surface area contributed by atoms with Gasteiger partial charge >= 0.3 is 0 Å². The minimum absolute atomic E-state index is 0.000252. The lowest BCUT2D eigenvalue weighted by Gasteiger charge is -2.20. The molecule has 1 aromatic carbocycles. The molecule has 5 heteroatoms. The smallest absolute Gasteiger partial charge is 0.224 e. The summed E-state index contributed by atoms with van der Waals surface area (Å²) in [6.07, 6.45) is 0.278. The van der Waals surface area contributed by atoms with Crippen molar-refractivity contribution in [2.75, 3.05) is 6.54 Å². The molecule has 1 amide bonds. The Kier molecular flexibility index (Phi) is 5.93. The molecule has 100 valence electrons. The Morgan fingerprint density at radius 2 is 2.00 bits per heavy atom. The van der Waals surface area contributed by atoms with E-state index in [1.807, 2.05) is 13.8 Å². The van der Waals surface area contributed by atoms with Gasteiger partial charge in [-0.25, -0.2) is 0 Å². The first-order valence-electron chi connectivity index (χ1n) is 5.87. The Morgan fingerprint density at radius 3 is 2.50 bits per heavy atom. The fourth-order valence-electron chi connectivity index (χ4n) is 1.59. The zero-order chi connectivity index (χ0) is 13.7. The van der Waals surface area contributed by atoms with Gasteiger partial charge in [-0.1, -0.05) is 43.1 Å². The molecule has 3 N–H and O–H groups in total. The van der Waals surface area contributed by atoms with Crippen molar-refractivity contribution in [3.63, 3.8) is 0 Å². The maximum Gasteiger partial charge on any atom is 0.224 e. The van der Waals surface area contributed by atoms with Crippen molar-refractivity contribution in [3.8, 4) is 0 Å². The van der Waals surface area contributed by atoms with Gasteiger partial charge in [-0.05, 0) is 23.6 Å². The topological polar surface area (TPSA) is 55.1 Å². The maximum atomic E-state index is 11.8. The summed E-state index contributed by atoms with van der Waals surface area (Å²) < 4.78 is 0. The summed E-state index contributed by atoms with van der Waals surface area (Å²) in [5, 5.41) is 3.86. The van der Waals surface area contributed by atoms with Crippen LogP contribution in [0.5, 0.6) is 0 Å². The van der Waals surface area contributed by atoms with Crippen LogP contribution in [-0.4, -0.2) is 18.5 Å². The van der Waals surface area contributed by atoms with Crippen molar-refractivity contribution in [3.05, 3.63) is 33.8 Å². The summed E-state index contributed by atoms with van der Waals surface area (Å²) in [5.74, 6) is 0.255. The van der Waals surface area contributed by atoms with E-state index < -0.39 is 0 Å². The highest BCUT2D eigenvalue weighted by Crippen LogP contribution is 2.22. The minimum Gasteiger partial charge on any atom is -0.352 e. The number of hydrogen-bond donors (Lipinski definition) is 2. The van der Waals surface area contributed by atoms with Crippen molar-refractivity contribution in [2.24, 2.45) is 11.7 Å². The highest BCUT2D eigenvalue weighted by molar-refractivity contribution is 6.42. The van der Waals surface area contributed by atoms with Crippen LogP contribution in [0, 0.1) is 5.92 Å². The summed E-state index contributed by atoms with van der Waals surface area (Å²) in [5.41, 5.74) is 6.44. The molecule has 0 aromatic heterocycles. The molecule has 1 atom stereocenters. The molecule has 18 heavy (non-hydrogen) atoms. The van der Waals surface area contributed by atoms with Gasteiger partial charge in [0, 0.05) is 12.6 Å². The van der Waals surface area contributed by atoms with Gasteiger partial charge in [0.25, 0.3) is 0 Å². The molecule has 1 aromatic rings. The van der Waals surface area contributed by atoms with Crippen LogP contribution in [0.1, 0.15) is 19.4 Å². The molecule has 0 aliphatic rings. The molecular formula is C13H18Cl2N2O. The first-order chi connectivity index (χ1) is 8.43. The summed E-state index contributed by atoms with van der Waals surface area (Å²) in [6.45, 7) is 4.48. The van der Waals surface area contributed by atoms with E-state index in [0.29, 0.717) is 22.5 Å². The van der Waals surface area contributed by atoms with E-state index >= 15 is 0 Å². The van der Waals surface area contributed by atoms with Gasteiger partial charge in [0.1, 0.15) is 0 Å². The highest BCUT2D eigenvalue weighted by Gasteiger charge is 2.14. The van der Waals surface area contributed by atoms with Crippen LogP contribution in [-0.2, 0) is 11.2 Å². The molecular weight excluding hydrogens is 271 g/mol. The second-order valence-electron chi connectivity index (χ2n) is 4.58. The fraction of sp³-hybridized carbons (Fsp3) is 0.462. The second kappa shape index (κ2) is 6.98. The van der Waals surface area contributed by atoms with Gasteiger partial charge in [-0.3, -0.25) is 4.79 Å². The Bertz CT molecular complexity index is 421. The van der Waals surface area contributed by atoms with Crippen molar-refractivity contribution in [1.29, 1.82) is 0 Å². The zero-order valence-electron chi connectivity index (χ0n) is 10.5. The van der Waals surface area contributed by atoms with Crippen LogP contribution in [0.4, 0.5) is 0 Å². The van der Waals surface area contributed by atoms with Gasteiger partial charge in [0.2, 0.25) is 5.91 Å². The normalized spacial score (nSPS) is 12.6. The van der Waals surface area contributed by atoms with Crippen LogP contribution in [0.2, 0.25) is 10.0 Å². The van der Waals surface area contributed by atoms with Gasteiger partial charge in [0.05, 0.1) is 16.5 Å². The van der Waals surface area contributed by atoms with Gasteiger partial charge in [0.15, 0.2) is 0 Å². The van der Waals surface area contributed by atoms with E-state index in [1.165, 1.54) is 0 Å². The Labute approximate surface area is 118 Å². The molecule has 0 saturated heterocycles. The number of nitrogens with two attached hydrogens (primary N) is 1. The van der Waals surface area contributed by atoms with Crippen LogP contribution in [0.25, 0.3) is 0 Å². The van der Waals surface area contributed by atoms with E-state index in [9.17, 15) is 4.79 Å². The summed E-state index contributed by atoms with van der Waals surface area (Å²) in [7, 11) is 0. The summed E-state index contributed by atoms with van der Waals surface area (Å²) in [4.78, 5) is 11.8. The van der Waals surface area contributed by atoms with E-state index in [1.54, 1.807) is 18.2 Å². The number of amides is 1. The number of nitrogens with one attached hydrogen (secondary N) is 1. The number of carbonyl (C=O) groups excluding carboxylic acids is 1. The van der Waals surface area contributed by atoms with Crippen LogP contribution >= 0.6 is 23.2 Å². The fourth-order valence-corrected chi connectivity index (χ4v) is 1.91. The van der Waals surface area contributed by atoms with E-state index in [-0.39, 0.29) is 18.4 Å². The SMILES string of the molecule is CC(C)C(CN)NC(=O)Cc1ccc(Cl)c(Cl)c1. The number of benzene rings is 1. The predicted molar refractivity (Wildman–Crippen MR) is 76.0 cm³/mol. The molecule has 0 aliphatic heterocycles. The molecule has 0 saturated carbocycles. The molecule has 3 nitrogen and oxygen atoms in total. The maximum absolute atomic E-state index is 11.8. The van der Waals surface area contributed by atoms with Crippen molar-refractivity contribution in [2.45, 2.75) is 26.3 Å². The average Bonchev–Trinajstić information content (AvgIpc) is 2.30. The summed E-state index contributed by atoms with van der Waals surface area (Å²) in [6, 6.07) is 5.19. The van der Waals surface area contributed by atoms with Crippen molar-refractivity contribution in [1.82, 2.24) is 5.32 Å². The first-order valence-corrected chi connectivity index (χ1v) is 6.63. The average molecular weight is 289 g/mol. The van der Waals surface area contributed by atoms with Crippen LogP contribution in [0.15, 0.2) is 18.2 Å². The van der Waals surface area contributed by atoms with Crippen molar-refractivity contribution >= 4 is 29.1 Å². The highest BCUT2D eigenvalue weighted by atomic mass is 35.5. The van der Waals surface area contributed by atoms with Gasteiger partial charge in [-0.2, -0.15) is 0 Å². The third-order valence-corrected chi connectivity index (χ3v) is 3.49. The third-order valence-electron chi connectivity index (χ3n) is 2.75. The van der Waals surface area contributed by atoms with Crippen LogP contribution in [0.3, 0.4) is 0 Å². The molecule has 0 bridgehead atoms. The quantitative estimate of drug-likeness (QED) is 0.875. The molecule has 0 spiro atoms. The molecule has 1 unspecified atom stereocenters. The lowest BCUT2D eigenvalue weighted by molar-refractivity contribution is -0.121. The molecule has 0 fully saturated rings. The first kappa shape index (κ1) is 15.3. The monoisotopic (exact) mass is 288 g/mol. The molecule has 0 aliphatic carbocycles. The molecule has 0 radical (unpaired) electrons. The van der Waals surface area contributed by atoms with E-state index in [0.717, 1.165) is 5.56 Å². The predicted octanol–water partition coefficient (Wildman–Crippen LogP) is 2.64. The van der Waals surface area contributed by atoms with Gasteiger partial charge in [-0.15, -0.1) is 0 Å². The number of carbonyl (C=O) groups is 1. The molecule has 0 heterocycles. The van der Waals surface area contributed by atoms with Crippen molar-refractivity contribution < 1.29 is 4.79 Å². The lowest BCUT2D eigenvalue weighted by Crippen LogP contribution is -2.44. The third kappa shape index (κ3) is 4.48. The van der Waals surface area contributed by atoms with E-state index in [4.69, 9.17) is 28.9 Å². The second-order valence-corrected chi connectivity index (χ2v) is 5.39. The zero-order valence-corrected chi connectivity index (χ0v) is 12.1.